The first-order chi connectivity index (χ1) is 9.72. The Hall–Kier alpha value is -2.07. The number of carbonyl (C=O) groups is 1. The molecule has 1 aliphatic rings. The molecule has 4 rings (SSSR count). The van der Waals surface area contributed by atoms with E-state index >= 15 is 0 Å². The number of aromatic nitrogens is 1. The van der Waals surface area contributed by atoms with Crippen molar-refractivity contribution >= 4 is 38.4 Å². The van der Waals surface area contributed by atoms with E-state index in [2.05, 4.69) is 20.9 Å². The molecule has 1 amide bonds. The van der Waals surface area contributed by atoms with Crippen LogP contribution >= 0.6 is 15.9 Å². The summed E-state index contributed by atoms with van der Waals surface area (Å²) in [6.07, 6.45) is 1.91. The Labute approximate surface area is 124 Å². The van der Waals surface area contributed by atoms with Gasteiger partial charge in [-0.1, -0.05) is 15.9 Å². The summed E-state index contributed by atoms with van der Waals surface area (Å²) in [5.41, 5.74) is 3.89. The molecule has 3 nitrogen and oxygen atoms in total. The fourth-order valence-electron chi connectivity index (χ4n) is 2.71. The highest BCUT2D eigenvalue weighted by Crippen LogP contribution is 2.31. The molecule has 3 aromatic rings. The molecule has 20 heavy (non-hydrogen) atoms. The topological polar surface area (TPSA) is 36.1 Å². The lowest BCUT2D eigenvalue weighted by molar-refractivity contribution is 0.0996. The number of H-pyrrole nitrogens is 1. The molecule has 1 aliphatic heterocycles. The van der Waals surface area contributed by atoms with Crippen molar-refractivity contribution in [2.75, 3.05) is 4.90 Å². The molecule has 0 saturated heterocycles. The monoisotopic (exact) mass is 326 g/mol. The molecule has 2 aromatic carbocycles. The molecular weight excluding hydrogens is 316 g/mol. The van der Waals surface area contributed by atoms with Crippen molar-refractivity contribution < 1.29 is 4.79 Å². The molecule has 4 heteroatoms. The first-order valence-electron chi connectivity index (χ1n) is 6.40. The summed E-state index contributed by atoms with van der Waals surface area (Å²) in [6, 6.07) is 13.9. The molecular formula is C16H11BrN2O. The van der Waals surface area contributed by atoms with Gasteiger partial charge in [-0.25, -0.2) is 0 Å². The maximum Gasteiger partial charge on any atom is 0.258 e. The molecule has 0 bridgehead atoms. The molecule has 98 valence electrons. The summed E-state index contributed by atoms with van der Waals surface area (Å²) < 4.78 is 1.01. The maximum absolute atomic E-state index is 12.5. The second kappa shape index (κ2) is 4.21. The SMILES string of the molecule is O=C1c2ccc(Br)cc2CN1c1ccc2[nH]ccc2c1. The van der Waals surface area contributed by atoms with Gasteiger partial charge in [0.15, 0.2) is 0 Å². The van der Waals surface area contributed by atoms with Crippen LogP contribution < -0.4 is 4.90 Å². The second-order valence-corrected chi connectivity index (χ2v) is 5.86. The minimum absolute atomic E-state index is 0.0717. The Morgan fingerprint density at radius 2 is 2.00 bits per heavy atom. The highest BCUT2D eigenvalue weighted by atomic mass is 79.9. The van der Waals surface area contributed by atoms with Crippen molar-refractivity contribution in [3.8, 4) is 0 Å². The summed E-state index contributed by atoms with van der Waals surface area (Å²) in [7, 11) is 0. The lowest BCUT2D eigenvalue weighted by Gasteiger charge is -2.15. The summed E-state index contributed by atoms with van der Waals surface area (Å²) >= 11 is 3.45. The summed E-state index contributed by atoms with van der Waals surface area (Å²) in [6.45, 7) is 0.629. The number of fused-ring (bicyclic) bond motifs is 2. The Balaban J connectivity index is 1.78. The van der Waals surface area contributed by atoms with Gasteiger partial charge in [-0.15, -0.1) is 0 Å². The fourth-order valence-corrected chi connectivity index (χ4v) is 3.11. The maximum atomic E-state index is 12.5. The molecule has 1 N–H and O–H groups in total. The van der Waals surface area contributed by atoms with Crippen LogP contribution in [0, 0.1) is 0 Å². The fraction of sp³-hybridized carbons (Fsp3) is 0.0625. The van der Waals surface area contributed by atoms with Crippen LogP contribution in [0.15, 0.2) is 53.1 Å². The van der Waals surface area contributed by atoms with Crippen LogP contribution in [0.3, 0.4) is 0 Å². The van der Waals surface area contributed by atoms with Crippen LogP contribution in [0.2, 0.25) is 0 Å². The number of nitrogens with one attached hydrogen (secondary N) is 1. The highest BCUT2D eigenvalue weighted by Gasteiger charge is 2.28. The van der Waals surface area contributed by atoms with E-state index in [0.717, 1.165) is 32.2 Å². The lowest BCUT2D eigenvalue weighted by atomic mass is 10.1. The van der Waals surface area contributed by atoms with Gasteiger partial charge in [0.25, 0.3) is 5.91 Å². The smallest absolute Gasteiger partial charge is 0.258 e. The normalized spacial score (nSPS) is 14.1. The highest BCUT2D eigenvalue weighted by molar-refractivity contribution is 9.10. The number of anilines is 1. The van der Waals surface area contributed by atoms with Gasteiger partial charge in [-0.05, 0) is 48.0 Å². The molecule has 0 radical (unpaired) electrons. The third-order valence-corrected chi connectivity index (χ3v) is 4.21. The number of rotatable bonds is 1. The van der Waals surface area contributed by atoms with Crippen LogP contribution in [0.5, 0.6) is 0 Å². The number of hydrogen-bond donors (Lipinski definition) is 1. The van der Waals surface area contributed by atoms with Crippen molar-refractivity contribution in [1.29, 1.82) is 0 Å². The third kappa shape index (κ3) is 1.68. The zero-order valence-electron chi connectivity index (χ0n) is 10.6. The Morgan fingerprint density at radius 3 is 2.90 bits per heavy atom. The van der Waals surface area contributed by atoms with Crippen LogP contribution in [0.1, 0.15) is 15.9 Å². The van der Waals surface area contributed by atoms with Gasteiger partial charge in [0.05, 0.1) is 6.54 Å². The zero-order chi connectivity index (χ0) is 13.7. The van der Waals surface area contributed by atoms with E-state index in [1.54, 1.807) is 0 Å². The van der Waals surface area contributed by atoms with Crippen LogP contribution in [0.25, 0.3) is 10.9 Å². The van der Waals surface area contributed by atoms with Gasteiger partial charge in [0.2, 0.25) is 0 Å². The van der Waals surface area contributed by atoms with Crippen LogP contribution in [-0.4, -0.2) is 10.9 Å². The zero-order valence-corrected chi connectivity index (χ0v) is 12.1. The van der Waals surface area contributed by atoms with Crippen molar-refractivity contribution in [1.82, 2.24) is 4.98 Å². The van der Waals surface area contributed by atoms with E-state index < -0.39 is 0 Å². The molecule has 0 saturated carbocycles. The number of nitrogens with zero attached hydrogens (tertiary/aromatic N) is 1. The van der Waals surface area contributed by atoms with E-state index in [1.807, 2.05) is 53.6 Å². The van der Waals surface area contributed by atoms with Gasteiger partial charge in [0, 0.05) is 32.8 Å². The molecule has 1 aromatic heterocycles. The van der Waals surface area contributed by atoms with Crippen LogP contribution in [0.4, 0.5) is 5.69 Å². The van der Waals surface area contributed by atoms with E-state index in [-0.39, 0.29) is 5.91 Å². The second-order valence-electron chi connectivity index (χ2n) is 4.94. The van der Waals surface area contributed by atoms with Gasteiger partial charge in [0.1, 0.15) is 0 Å². The van der Waals surface area contributed by atoms with Crippen molar-refractivity contribution in [3.05, 3.63) is 64.3 Å². The van der Waals surface area contributed by atoms with E-state index in [9.17, 15) is 4.79 Å². The third-order valence-electron chi connectivity index (χ3n) is 3.72. The van der Waals surface area contributed by atoms with E-state index in [1.165, 1.54) is 0 Å². The predicted molar refractivity (Wildman–Crippen MR) is 83.0 cm³/mol. The standard InChI is InChI=1S/C16H11BrN2O/c17-12-1-3-14-11(7-12)9-19(16(14)20)13-2-4-15-10(8-13)5-6-18-15/h1-8,18H,9H2. The molecule has 2 heterocycles. The summed E-state index contributed by atoms with van der Waals surface area (Å²) in [5, 5.41) is 1.12. The number of hydrogen-bond acceptors (Lipinski definition) is 1. The first kappa shape index (κ1) is 11.7. The molecule has 0 unspecified atom stereocenters. The van der Waals surface area contributed by atoms with Gasteiger partial charge in [-0.3, -0.25) is 4.79 Å². The van der Waals surface area contributed by atoms with E-state index in [0.29, 0.717) is 6.54 Å². The minimum Gasteiger partial charge on any atom is -0.361 e. The van der Waals surface area contributed by atoms with Gasteiger partial charge >= 0.3 is 0 Å². The Bertz CT molecular complexity index is 837. The number of amides is 1. The minimum atomic E-state index is 0.0717. The quantitative estimate of drug-likeness (QED) is 0.718. The lowest BCUT2D eigenvalue weighted by Crippen LogP contribution is -2.22. The largest absolute Gasteiger partial charge is 0.361 e. The van der Waals surface area contributed by atoms with Gasteiger partial charge < -0.3 is 9.88 Å². The van der Waals surface area contributed by atoms with Crippen molar-refractivity contribution in [2.45, 2.75) is 6.54 Å². The van der Waals surface area contributed by atoms with E-state index in [4.69, 9.17) is 0 Å². The number of carbonyl (C=O) groups excluding carboxylic acids is 1. The average molecular weight is 327 g/mol. The molecule has 0 atom stereocenters. The molecule has 0 aliphatic carbocycles. The summed E-state index contributed by atoms with van der Waals surface area (Å²) in [4.78, 5) is 17.5. The van der Waals surface area contributed by atoms with Crippen LogP contribution in [-0.2, 0) is 6.54 Å². The average Bonchev–Trinajstić information content (AvgIpc) is 3.02. The summed E-state index contributed by atoms with van der Waals surface area (Å²) in [5.74, 6) is 0.0717. The molecule has 0 spiro atoms. The number of halogens is 1. The number of benzene rings is 2. The Morgan fingerprint density at radius 1 is 1.10 bits per heavy atom. The Kier molecular flexibility index (Phi) is 2.47. The molecule has 0 fully saturated rings. The van der Waals surface area contributed by atoms with Crippen molar-refractivity contribution in [2.24, 2.45) is 0 Å². The van der Waals surface area contributed by atoms with Crippen molar-refractivity contribution in [3.63, 3.8) is 0 Å². The van der Waals surface area contributed by atoms with Gasteiger partial charge in [-0.2, -0.15) is 0 Å². The first-order valence-corrected chi connectivity index (χ1v) is 7.19. The number of aromatic amines is 1. The predicted octanol–water partition coefficient (Wildman–Crippen LogP) is 4.09.